The van der Waals surface area contributed by atoms with Crippen LogP contribution >= 0.6 is 0 Å². The van der Waals surface area contributed by atoms with Crippen molar-refractivity contribution in [1.29, 1.82) is 0 Å². The fraction of sp³-hybridized carbons (Fsp3) is 0.0588. The van der Waals surface area contributed by atoms with E-state index in [0.29, 0.717) is 6.54 Å². The van der Waals surface area contributed by atoms with Crippen LogP contribution in [0.25, 0.3) is 0 Å². The largest absolute Gasteiger partial charge is 0.507 e. The maximum atomic E-state index is 12.3. The minimum atomic E-state index is -0.363. The van der Waals surface area contributed by atoms with E-state index in [4.69, 9.17) is 0 Å². The highest BCUT2D eigenvalue weighted by Crippen LogP contribution is 2.27. The van der Waals surface area contributed by atoms with Crippen molar-refractivity contribution in [3.63, 3.8) is 0 Å². The first-order valence-electron chi connectivity index (χ1n) is 6.57. The summed E-state index contributed by atoms with van der Waals surface area (Å²) in [7, 11) is 0. The van der Waals surface area contributed by atoms with Gasteiger partial charge < -0.3 is 10.4 Å². The number of Topliss-reactive ketones (excluding diaryl/α,β-unsaturated/α-hetero) is 1. The molecule has 0 aliphatic heterocycles. The summed E-state index contributed by atoms with van der Waals surface area (Å²) in [5, 5.41) is 12.7. The minimum Gasteiger partial charge on any atom is -0.507 e. The molecular formula is C17H13NO3. The molecule has 4 nitrogen and oxygen atoms in total. The zero-order valence-corrected chi connectivity index (χ0v) is 11.2. The molecule has 0 atom stereocenters. The molecule has 1 aliphatic rings. The van der Waals surface area contributed by atoms with E-state index < -0.39 is 0 Å². The number of benzene rings is 2. The third-order valence-electron chi connectivity index (χ3n) is 3.38. The Morgan fingerprint density at radius 1 is 0.952 bits per heavy atom. The molecule has 0 unspecified atom stereocenters. The number of carbonyl (C=O) groups excluding carboxylic acids is 2. The molecule has 1 aliphatic carbocycles. The molecule has 0 amide bonds. The van der Waals surface area contributed by atoms with Gasteiger partial charge in [-0.15, -0.1) is 0 Å². The lowest BCUT2D eigenvalue weighted by Crippen LogP contribution is -2.26. The lowest BCUT2D eigenvalue weighted by atomic mass is 9.92. The number of phenols is 1. The van der Waals surface area contributed by atoms with Crippen LogP contribution in [-0.2, 0) is 6.54 Å². The van der Waals surface area contributed by atoms with E-state index >= 15 is 0 Å². The van der Waals surface area contributed by atoms with E-state index in [1.807, 2.05) is 30.3 Å². The van der Waals surface area contributed by atoms with Crippen LogP contribution in [0.2, 0.25) is 0 Å². The Bertz CT molecular complexity index is 748. The average molecular weight is 279 g/mol. The Balaban J connectivity index is 1.86. The van der Waals surface area contributed by atoms with Gasteiger partial charge in [-0.25, -0.2) is 0 Å². The molecule has 0 saturated heterocycles. The van der Waals surface area contributed by atoms with Crippen LogP contribution in [0.1, 0.15) is 26.3 Å². The topological polar surface area (TPSA) is 66.4 Å². The average Bonchev–Trinajstić information content (AvgIpc) is 2.50. The first kappa shape index (κ1) is 13.1. The number of aromatic hydroxyl groups is 1. The SMILES string of the molecule is O=C1C(NCc2ccccc2)=CC(=O)c2c(O)cccc21. The van der Waals surface area contributed by atoms with Crippen molar-refractivity contribution >= 4 is 11.6 Å². The van der Waals surface area contributed by atoms with Gasteiger partial charge in [0.2, 0.25) is 5.78 Å². The summed E-state index contributed by atoms with van der Waals surface area (Å²) < 4.78 is 0. The third kappa shape index (κ3) is 2.43. The number of allylic oxidation sites excluding steroid dienone is 2. The second-order valence-corrected chi connectivity index (χ2v) is 4.79. The lowest BCUT2D eigenvalue weighted by Gasteiger charge is -2.17. The van der Waals surface area contributed by atoms with Gasteiger partial charge in [0.05, 0.1) is 11.3 Å². The zero-order chi connectivity index (χ0) is 14.8. The minimum absolute atomic E-state index is 0.0766. The number of ketones is 2. The molecule has 0 fully saturated rings. The standard InChI is InChI=1S/C17H13NO3/c19-14-8-4-7-12-16(14)15(20)9-13(17(12)21)18-10-11-5-2-1-3-6-11/h1-9,18-19H,10H2. The van der Waals surface area contributed by atoms with Crippen LogP contribution in [0.3, 0.4) is 0 Å². The molecule has 0 radical (unpaired) electrons. The van der Waals surface area contributed by atoms with Crippen LogP contribution in [0.4, 0.5) is 0 Å². The van der Waals surface area contributed by atoms with Crippen molar-refractivity contribution in [3.05, 3.63) is 77.0 Å². The van der Waals surface area contributed by atoms with Gasteiger partial charge in [0.1, 0.15) is 5.75 Å². The van der Waals surface area contributed by atoms with Gasteiger partial charge >= 0.3 is 0 Å². The molecule has 104 valence electrons. The highest BCUT2D eigenvalue weighted by Gasteiger charge is 2.27. The maximum Gasteiger partial charge on any atom is 0.209 e. The maximum absolute atomic E-state index is 12.3. The molecular weight excluding hydrogens is 266 g/mol. The molecule has 0 bridgehead atoms. The number of hydrogen-bond acceptors (Lipinski definition) is 4. The molecule has 21 heavy (non-hydrogen) atoms. The number of nitrogens with one attached hydrogen (secondary N) is 1. The van der Waals surface area contributed by atoms with E-state index in [-0.39, 0.29) is 34.1 Å². The van der Waals surface area contributed by atoms with Gasteiger partial charge in [-0.3, -0.25) is 9.59 Å². The first-order chi connectivity index (χ1) is 10.2. The van der Waals surface area contributed by atoms with Gasteiger partial charge in [0.25, 0.3) is 0 Å². The van der Waals surface area contributed by atoms with Gasteiger partial charge in [0, 0.05) is 18.2 Å². The van der Waals surface area contributed by atoms with E-state index in [1.54, 1.807) is 12.1 Å². The number of rotatable bonds is 3. The van der Waals surface area contributed by atoms with Crippen molar-refractivity contribution < 1.29 is 14.7 Å². The molecule has 0 heterocycles. The lowest BCUT2D eigenvalue weighted by molar-refractivity contribution is 0.0976. The number of carbonyl (C=O) groups is 2. The Morgan fingerprint density at radius 3 is 2.48 bits per heavy atom. The molecule has 2 aromatic carbocycles. The molecule has 4 heteroatoms. The summed E-state index contributed by atoms with van der Waals surface area (Å²) in [5.74, 6) is -0.807. The Hall–Kier alpha value is -2.88. The third-order valence-corrected chi connectivity index (χ3v) is 3.38. The van der Waals surface area contributed by atoms with Gasteiger partial charge in [-0.05, 0) is 17.7 Å². The summed E-state index contributed by atoms with van der Waals surface area (Å²) in [6, 6.07) is 14.1. The quantitative estimate of drug-likeness (QED) is 0.905. The van der Waals surface area contributed by atoms with Gasteiger partial charge in [-0.1, -0.05) is 36.4 Å². The summed E-state index contributed by atoms with van der Waals surface area (Å²) in [6.45, 7) is 0.458. The smallest absolute Gasteiger partial charge is 0.209 e. The Kier molecular flexibility index (Phi) is 3.28. The fourth-order valence-electron chi connectivity index (χ4n) is 2.33. The zero-order valence-electron chi connectivity index (χ0n) is 11.2. The number of hydrogen-bond donors (Lipinski definition) is 2. The van der Waals surface area contributed by atoms with Crippen LogP contribution in [0.5, 0.6) is 5.75 Å². The highest BCUT2D eigenvalue weighted by atomic mass is 16.3. The predicted octanol–water partition coefficient (Wildman–Crippen LogP) is 2.44. The normalized spacial score (nSPS) is 13.6. The van der Waals surface area contributed by atoms with Crippen molar-refractivity contribution in [2.45, 2.75) is 6.54 Å². The van der Waals surface area contributed by atoms with Crippen molar-refractivity contribution in [3.8, 4) is 5.75 Å². The molecule has 2 aromatic rings. The Morgan fingerprint density at radius 2 is 1.71 bits per heavy atom. The molecule has 0 aromatic heterocycles. The highest BCUT2D eigenvalue weighted by molar-refractivity contribution is 6.25. The summed E-state index contributed by atoms with van der Waals surface area (Å²) in [6.07, 6.45) is 1.24. The van der Waals surface area contributed by atoms with Crippen LogP contribution < -0.4 is 5.32 Å². The van der Waals surface area contributed by atoms with Crippen molar-refractivity contribution in [1.82, 2.24) is 5.32 Å². The monoisotopic (exact) mass is 279 g/mol. The van der Waals surface area contributed by atoms with Crippen molar-refractivity contribution in [2.24, 2.45) is 0 Å². The van der Waals surface area contributed by atoms with E-state index in [1.165, 1.54) is 12.1 Å². The van der Waals surface area contributed by atoms with Crippen LogP contribution in [0.15, 0.2) is 60.3 Å². The second-order valence-electron chi connectivity index (χ2n) is 4.79. The van der Waals surface area contributed by atoms with Crippen LogP contribution in [-0.4, -0.2) is 16.7 Å². The molecule has 2 N–H and O–H groups in total. The van der Waals surface area contributed by atoms with Gasteiger partial charge in [-0.2, -0.15) is 0 Å². The molecule has 0 saturated carbocycles. The fourth-order valence-corrected chi connectivity index (χ4v) is 2.33. The van der Waals surface area contributed by atoms with Crippen molar-refractivity contribution in [2.75, 3.05) is 0 Å². The second kappa shape index (κ2) is 5.25. The van der Waals surface area contributed by atoms with E-state index in [0.717, 1.165) is 5.56 Å². The first-order valence-corrected chi connectivity index (χ1v) is 6.57. The molecule has 3 rings (SSSR count). The predicted molar refractivity (Wildman–Crippen MR) is 78.1 cm³/mol. The van der Waals surface area contributed by atoms with Gasteiger partial charge in [0.15, 0.2) is 5.78 Å². The number of fused-ring (bicyclic) bond motifs is 1. The Labute approximate surface area is 121 Å². The molecule has 0 spiro atoms. The van der Waals surface area contributed by atoms with E-state index in [2.05, 4.69) is 5.32 Å². The number of phenolic OH excluding ortho intramolecular Hbond substituents is 1. The summed E-state index contributed by atoms with van der Waals surface area (Å²) in [5.41, 5.74) is 1.58. The summed E-state index contributed by atoms with van der Waals surface area (Å²) >= 11 is 0. The van der Waals surface area contributed by atoms with Crippen LogP contribution in [0, 0.1) is 0 Å². The summed E-state index contributed by atoms with van der Waals surface area (Å²) in [4.78, 5) is 24.4. The van der Waals surface area contributed by atoms with E-state index in [9.17, 15) is 14.7 Å².